The molecule has 0 aliphatic carbocycles. The van der Waals surface area contributed by atoms with Gasteiger partial charge in [-0.3, -0.25) is 4.79 Å². The van der Waals surface area contributed by atoms with E-state index in [1.165, 1.54) is 0 Å². The Morgan fingerprint density at radius 2 is 2.00 bits per heavy atom. The maximum absolute atomic E-state index is 12.1. The molecule has 2 aromatic carbocycles. The van der Waals surface area contributed by atoms with Crippen molar-refractivity contribution in [3.05, 3.63) is 58.6 Å². The summed E-state index contributed by atoms with van der Waals surface area (Å²) in [5.74, 6) is 0.952. The molecule has 23 heavy (non-hydrogen) atoms. The minimum absolute atomic E-state index is 0.0288. The molecular formula is C19H22ClNO2. The van der Waals surface area contributed by atoms with Crippen molar-refractivity contribution >= 4 is 23.2 Å². The van der Waals surface area contributed by atoms with Gasteiger partial charge < -0.3 is 10.1 Å². The zero-order valence-electron chi connectivity index (χ0n) is 13.7. The summed E-state index contributed by atoms with van der Waals surface area (Å²) in [5, 5.41) is 3.42. The number of anilines is 1. The van der Waals surface area contributed by atoms with Gasteiger partial charge in [0.2, 0.25) is 0 Å². The number of hydrogen-bond donors (Lipinski definition) is 1. The molecule has 3 nitrogen and oxygen atoms in total. The maximum atomic E-state index is 12.1. The first-order chi connectivity index (χ1) is 11.0. The minimum atomic E-state index is -0.205. The van der Waals surface area contributed by atoms with Gasteiger partial charge in [-0.1, -0.05) is 49.7 Å². The molecule has 4 heteroatoms. The van der Waals surface area contributed by atoms with Gasteiger partial charge in [-0.05, 0) is 48.6 Å². The lowest BCUT2D eigenvalue weighted by Gasteiger charge is -2.15. The number of hydrogen-bond acceptors (Lipinski definition) is 2. The molecule has 0 saturated carbocycles. The highest BCUT2D eigenvalue weighted by Gasteiger charge is 2.11. The molecular weight excluding hydrogens is 310 g/mol. The van der Waals surface area contributed by atoms with Crippen molar-refractivity contribution in [2.24, 2.45) is 0 Å². The van der Waals surface area contributed by atoms with Gasteiger partial charge in [0, 0.05) is 10.7 Å². The summed E-state index contributed by atoms with van der Waals surface area (Å²) in [6.45, 7) is 6.17. The number of carbonyl (C=O) groups is 1. The SMILES string of the molecule is CCC(C)c1ccccc1OCC(=O)Nc1ccc(C)c(Cl)c1. The third kappa shape index (κ3) is 4.73. The number of halogens is 1. The van der Waals surface area contributed by atoms with Gasteiger partial charge in [0.05, 0.1) is 0 Å². The fourth-order valence-electron chi connectivity index (χ4n) is 2.25. The van der Waals surface area contributed by atoms with Gasteiger partial charge >= 0.3 is 0 Å². The van der Waals surface area contributed by atoms with E-state index in [-0.39, 0.29) is 12.5 Å². The van der Waals surface area contributed by atoms with Crippen LogP contribution in [0.25, 0.3) is 0 Å². The predicted molar refractivity (Wildman–Crippen MR) is 95.5 cm³/mol. The zero-order valence-corrected chi connectivity index (χ0v) is 14.5. The first-order valence-electron chi connectivity index (χ1n) is 7.79. The second kappa shape index (κ2) is 8.02. The lowest BCUT2D eigenvalue weighted by atomic mass is 9.98. The van der Waals surface area contributed by atoms with E-state index < -0.39 is 0 Å². The maximum Gasteiger partial charge on any atom is 0.262 e. The van der Waals surface area contributed by atoms with Crippen LogP contribution in [0.4, 0.5) is 5.69 Å². The summed E-state index contributed by atoms with van der Waals surface area (Å²) in [7, 11) is 0. The molecule has 0 aromatic heterocycles. The molecule has 0 aliphatic heterocycles. The molecule has 0 heterocycles. The van der Waals surface area contributed by atoms with Crippen LogP contribution in [-0.4, -0.2) is 12.5 Å². The largest absolute Gasteiger partial charge is 0.483 e. The summed E-state index contributed by atoms with van der Waals surface area (Å²) in [5.41, 5.74) is 2.77. The van der Waals surface area contributed by atoms with Gasteiger partial charge in [-0.25, -0.2) is 0 Å². The molecule has 1 unspecified atom stereocenters. The second-order valence-electron chi connectivity index (χ2n) is 5.65. The number of benzene rings is 2. The second-order valence-corrected chi connectivity index (χ2v) is 6.06. The Morgan fingerprint density at radius 3 is 2.70 bits per heavy atom. The summed E-state index contributed by atoms with van der Waals surface area (Å²) >= 11 is 6.06. The van der Waals surface area contributed by atoms with Crippen molar-refractivity contribution in [2.45, 2.75) is 33.1 Å². The lowest BCUT2D eigenvalue weighted by molar-refractivity contribution is -0.118. The summed E-state index contributed by atoms with van der Waals surface area (Å²) in [4.78, 5) is 12.1. The van der Waals surface area contributed by atoms with Crippen molar-refractivity contribution < 1.29 is 9.53 Å². The van der Waals surface area contributed by atoms with E-state index in [0.717, 1.165) is 23.3 Å². The molecule has 1 atom stereocenters. The first kappa shape index (κ1) is 17.4. The third-order valence-corrected chi connectivity index (χ3v) is 4.28. The molecule has 2 aromatic rings. The molecule has 0 aliphatic rings. The van der Waals surface area contributed by atoms with E-state index in [1.54, 1.807) is 6.07 Å². The average molecular weight is 332 g/mol. The van der Waals surface area contributed by atoms with Crippen LogP contribution in [-0.2, 0) is 4.79 Å². The predicted octanol–water partition coefficient (Wildman–Crippen LogP) is 5.18. The van der Waals surface area contributed by atoms with Crippen LogP contribution in [0.2, 0.25) is 5.02 Å². The monoisotopic (exact) mass is 331 g/mol. The zero-order chi connectivity index (χ0) is 16.8. The highest BCUT2D eigenvalue weighted by Crippen LogP contribution is 2.28. The fraction of sp³-hybridized carbons (Fsp3) is 0.316. The van der Waals surface area contributed by atoms with Crippen LogP contribution in [0.1, 0.15) is 37.3 Å². The third-order valence-electron chi connectivity index (χ3n) is 3.88. The molecule has 122 valence electrons. The Labute approximate surface area is 142 Å². The Kier molecular flexibility index (Phi) is 6.05. The lowest BCUT2D eigenvalue weighted by Crippen LogP contribution is -2.20. The Hall–Kier alpha value is -2.00. The fourth-order valence-corrected chi connectivity index (χ4v) is 2.43. The molecule has 0 spiro atoms. The number of aryl methyl sites for hydroxylation is 1. The van der Waals surface area contributed by atoms with Gasteiger partial charge in [0.15, 0.2) is 6.61 Å². The number of nitrogens with one attached hydrogen (secondary N) is 1. The number of amides is 1. The van der Waals surface area contributed by atoms with Crippen molar-refractivity contribution in [1.82, 2.24) is 0 Å². The minimum Gasteiger partial charge on any atom is -0.483 e. The average Bonchev–Trinajstić information content (AvgIpc) is 2.56. The van der Waals surface area contributed by atoms with E-state index >= 15 is 0 Å². The summed E-state index contributed by atoms with van der Waals surface area (Å²) in [6.07, 6.45) is 1.02. The molecule has 1 amide bonds. The highest BCUT2D eigenvalue weighted by atomic mass is 35.5. The van der Waals surface area contributed by atoms with Crippen LogP contribution < -0.4 is 10.1 Å². The molecule has 0 fully saturated rings. The van der Waals surface area contributed by atoms with Crippen LogP contribution in [0.3, 0.4) is 0 Å². The van der Waals surface area contributed by atoms with E-state index in [0.29, 0.717) is 16.6 Å². The van der Waals surface area contributed by atoms with Crippen LogP contribution in [0.5, 0.6) is 5.75 Å². The highest BCUT2D eigenvalue weighted by molar-refractivity contribution is 6.31. The summed E-state index contributed by atoms with van der Waals surface area (Å²) in [6, 6.07) is 13.3. The van der Waals surface area contributed by atoms with Crippen molar-refractivity contribution in [2.75, 3.05) is 11.9 Å². The van der Waals surface area contributed by atoms with Gasteiger partial charge in [0.1, 0.15) is 5.75 Å². The van der Waals surface area contributed by atoms with E-state index in [4.69, 9.17) is 16.3 Å². The molecule has 2 rings (SSSR count). The van der Waals surface area contributed by atoms with Gasteiger partial charge in [-0.2, -0.15) is 0 Å². The molecule has 0 radical (unpaired) electrons. The molecule has 1 N–H and O–H groups in total. The van der Waals surface area contributed by atoms with E-state index in [1.807, 2.05) is 43.3 Å². The summed E-state index contributed by atoms with van der Waals surface area (Å²) < 4.78 is 5.70. The van der Waals surface area contributed by atoms with Crippen LogP contribution >= 0.6 is 11.6 Å². The Balaban J connectivity index is 1.98. The van der Waals surface area contributed by atoms with E-state index in [9.17, 15) is 4.79 Å². The van der Waals surface area contributed by atoms with Gasteiger partial charge in [-0.15, -0.1) is 0 Å². The van der Waals surface area contributed by atoms with Crippen molar-refractivity contribution in [1.29, 1.82) is 0 Å². The van der Waals surface area contributed by atoms with E-state index in [2.05, 4.69) is 19.2 Å². The van der Waals surface area contributed by atoms with Crippen LogP contribution in [0.15, 0.2) is 42.5 Å². The standard InChI is InChI=1S/C19H22ClNO2/c1-4-13(2)16-7-5-6-8-18(16)23-12-19(22)21-15-10-9-14(3)17(20)11-15/h5-11,13H,4,12H2,1-3H3,(H,21,22). The topological polar surface area (TPSA) is 38.3 Å². The van der Waals surface area contributed by atoms with Crippen molar-refractivity contribution in [3.63, 3.8) is 0 Å². The quantitative estimate of drug-likeness (QED) is 0.792. The smallest absolute Gasteiger partial charge is 0.262 e. The molecule has 0 bridgehead atoms. The molecule has 0 saturated heterocycles. The van der Waals surface area contributed by atoms with Gasteiger partial charge in [0.25, 0.3) is 5.91 Å². The Morgan fingerprint density at radius 1 is 1.26 bits per heavy atom. The number of carbonyl (C=O) groups excluding carboxylic acids is 1. The van der Waals surface area contributed by atoms with Crippen molar-refractivity contribution in [3.8, 4) is 5.75 Å². The Bertz CT molecular complexity index is 685. The number of rotatable bonds is 6. The number of ether oxygens (including phenoxy) is 1. The first-order valence-corrected chi connectivity index (χ1v) is 8.16. The normalized spacial score (nSPS) is 11.8. The number of para-hydroxylation sites is 1. The van der Waals surface area contributed by atoms with Crippen LogP contribution in [0, 0.1) is 6.92 Å².